The van der Waals surface area contributed by atoms with Crippen LogP contribution in [0, 0.1) is 10.5 Å². The van der Waals surface area contributed by atoms with E-state index in [1.165, 1.54) is 0 Å². The van der Waals surface area contributed by atoms with Crippen LogP contribution in [0.1, 0.15) is 15.9 Å². The van der Waals surface area contributed by atoms with Crippen molar-refractivity contribution in [3.8, 4) is 0 Å². The molecule has 0 aromatic heterocycles. The van der Waals surface area contributed by atoms with Gasteiger partial charge in [-0.1, -0.05) is 6.07 Å². The normalized spacial score (nSPS) is 10.0. The van der Waals surface area contributed by atoms with Gasteiger partial charge in [-0.05, 0) is 47.2 Å². The van der Waals surface area contributed by atoms with Gasteiger partial charge in [-0.2, -0.15) is 0 Å². The van der Waals surface area contributed by atoms with Gasteiger partial charge in [0.1, 0.15) is 0 Å². The highest BCUT2D eigenvalue weighted by atomic mass is 127. The first-order valence-electron chi connectivity index (χ1n) is 4.08. The van der Waals surface area contributed by atoms with E-state index in [4.69, 9.17) is 4.74 Å². The quantitative estimate of drug-likeness (QED) is 0.464. The molecule has 1 aromatic rings. The predicted octanol–water partition coefficient (Wildman–Crippen LogP) is 1.08. The number of aryl methyl sites for hydroxylation is 1. The first-order valence-corrected chi connectivity index (χ1v) is 6.57. The summed E-state index contributed by atoms with van der Waals surface area (Å²) in [5.41, 5.74) is 1.66. The van der Waals surface area contributed by atoms with Gasteiger partial charge < -0.3 is 4.74 Å². The summed E-state index contributed by atoms with van der Waals surface area (Å²) in [5.74, 6) is -0.203. The molecular weight excluding hydrogens is 295 g/mol. The van der Waals surface area contributed by atoms with Crippen molar-refractivity contribution < 1.29 is 9.53 Å². The summed E-state index contributed by atoms with van der Waals surface area (Å²) in [6.45, 7) is 1.92. The van der Waals surface area contributed by atoms with E-state index in [0.29, 0.717) is 11.8 Å². The molecule has 13 heavy (non-hydrogen) atoms. The molecule has 0 aliphatic heterocycles. The van der Waals surface area contributed by atoms with Gasteiger partial charge in [-0.3, -0.25) is 0 Å². The van der Waals surface area contributed by atoms with E-state index in [1.54, 1.807) is 0 Å². The molecule has 0 fully saturated rings. The fourth-order valence-corrected chi connectivity index (χ4v) is 1.78. The third kappa shape index (κ3) is 2.80. The molecule has 1 aromatic carbocycles. The number of hydrogen-bond acceptors (Lipinski definition) is 2. The van der Waals surface area contributed by atoms with E-state index in [1.807, 2.05) is 25.1 Å². The maximum absolute atomic E-state index is 11.4. The lowest BCUT2D eigenvalue weighted by Gasteiger charge is -2.05. The zero-order chi connectivity index (χ0) is 9.84. The first kappa shape index (κ1) is 10.7. The second kappa shape index (κ2) is 4.76. The van der Waals surface area contributed by atoms with E-state index >= 15 is 0 Å². The summed E-state index contributed by atoms with van der Waals surface area (Å²) >= 11 is 2.18. The topological polar surface area (TPSA) is 26.3 Å². The van der Waals surface area contributed by atoms with Gasteiger partial charge in [0, 0.05) is 3.57 Å². The van der Waals surface area contributed by atoms with Crippen LogP contribution in [0.5, 0.6) is 0 Å². The van der Waals surface area contributed by atoms with Crippen LogP contribution in [0.25, 0.3) is 0 Å². The van der Waals surface area contributed by atoms with E-state index in [0.717, 1.165) is 19.4 Å². The van der Waals surface area contributed by atoms with Gasteiger partial charge in [-0.25, -0.2) is 4.79 Å². The Morgan fingerprint density at radius 1 is 1.62 bits per heavy atom. The molecule has 0 heterocycles. The molecular formula is C9H11IO2Si. The lowest BCUT2D eigenvalue weighted by molar-refractivity contribution is 0.0572. The summed E-state index contributed by atoms with van der Waals surface area (Å²) in [4.78, 5) is 11.4. The molecule has 0 aliphatic carbocycles. The second-order valence-electron chi connectivity index (χ2n) is 2.68. The van der Waals surface area contributed by atoms with E-state index in [9.17, 15) is 4.79 Å². The molecule has 0 spiro atoms. The highest BCUT2D eigenvalue weighted by Crippen LogP contribution is 2.13. The van der Waals surface area contributed by atoms with E-state index in [2.05, 4.69) is 22.6 Å². The maximum Gasteiger partial charge on any atom is 0.338 e. The zero-order valence-corrected chi connectivity index (χ0v) is 11.8. The van der Waals surface area contributed by atoms with Crippen LogP contribution < -0.4 is 0 Å². The van der Waals surface area contributed by atoms with Crippen LogP contribution in [0.15, 0.2) is 18.2 Å². The molecule has 4 heteroatoms. The van der Waals surface area contributed by atoms with Crippen LogP contribution in [-0.2, 0) is 4.74 Å². The lowest BCUT2D eigenvalue weighted by Crippen LogP contribution is -2.08. The van der Waals surface area contributed by atoms with Crippen molar-refractivity contribution in [3.63, 3.8) is 0 Å². The smallest absolute Gasteiger partial charge is 0.338 e. The van der Waals surface area contributed by atoms with Crippen LogP contribution in [0.4, 0.5) is 0 Å². The first-order chi connectivity index (χ1) is 6.15. The maximum atomic E-state index is 11.4. The average Bonchev–Trinajstić information content (AvgIpc) is 2.09. The van der Waals surface area contributed by atoms with Gasteiger partial charge in [-0.15, -0.1) is 0 Å². The summed E-state index contributed by atoms with van der Waals surface area (Å²) < 4.78 is 6.04. The minimum atomic E-state index is -0.203. The van der Waals surface area contributed by atoms with E-state index in [-0.39, 0.29) is 5.97 Å². The van der Waals surface area contributed by atoms with Gasteiger partial charge in [0.2, 0.25) is 0 Å². The number of benzene rings is 1. The Bertz CT molecular complexity index is 325. The Morgan fingerprint density at radius 3 is 2.92 bits per heavy atom. The summed E-state index contributed by atoms with van der Waals surface area (Å²) in [7, 11) is 0.889. The van der Waals surface area contributed by atoms with Gasteiger partial charge in [0.25, 0.3) is 0 Å². The number of hydrogen-bond donors (Lipinski definition) is 0. The molecule has 0 unspecified atom stereocenters. The van der Waals surface area contributed by atoms with Crippen LogP contribution in [0.3, 0.4) is 0 Å². The Balaban J connectivity index is 2.99. The number of ether oxygens (including phenoxy) is 1. The van der Waals surface area contributed by atoms with Gasteiger partial charge in [0.15, 0.2) is 0 Å². The standard InChI is InChI=1S/C9H11IO2Si/c1-6-2-3-7(10)4-8(6)9(11)12-5-13/h2-4H,5H2,1,13H3. The Hall–Kier alpha value is -0.363. The fraction of sp³-hybridized carbons (Fsp3) is 0.222. The zero-order valence-electron chi connectivity index (χ0n) is 7.63. The molecule has 70 valence electrons. The molecule has 0 aliphatic rings. The van der Waals surface area contributed by atoms with Crippen LogP contribution >= 0.6 is 22.6 Å². The Kier molecular flexibility index (Phi) is 3.92. The summed E-state index contributed by atoms with van der Waals surface area (Å²) in [6.07, 6.45) is 0.559. The number of rotatable bonds is 2. The largest absolute Gasteiger partial charge is 0.467 e. The number of halogens is 1. The van der Waals surface area contributed by atoms with Crippen molar-refractivity contribution in [3.05, 3.63) is 32.9 Å². The molecule has 0 atom stereocenters. The second-order valence-corrected chi connectivity index (χ2v) is 4.50. The third-order valence-electron chi connectivity index (χ3n) is 1.69. The molecule has 0 radical (unpaired) electrons. The van der Waals surface area contributed by atoms with Crippen molar-refractivity contribution in [1.82, 2.24) is 0 Å². The molecule has 0 N–H and O–H groups in total. The average molecular weight is 306 g/mol. The minimum Gasteiger partial charge on any atom is -0.467 e. The fourth-order valence-electron chi connectivity index (χ4n) is 1.02. The van der Waals surface area contributed by atoms with Gasteiger partial charge in [0.05, 0.1) is 22.0 Å². The van der Waals surface area contributed by atoms with Crippen LogP contribution in [0.2, 0.25) is 0 Å². The highest BCUT2D eigenvalue weighted by molar-refractivity contribution is 14.1. The predicted molar refractivity (Wildman–Crippen MR) is 64.1 cm³/mol. The number of carbonyl (C=O) groups is 1. The number of esters is 1. The van der Waals surface area contributed by atoms with Crippen molar-refractivity contribution in [1.29, 1.82) is 0 Å². The molecule has 0 saturated heterocycles. The molecule has 0 amide bonds. The van der Waals surface area contributed by atoms with Crippen molar-refractivity contribution >= 4 is 38.8 Å². The SMILES string of the molecule is Cc1ccc(I)cc1C(=O)OC[SiH3]. The summed E-state index contributed by atoms with van der Waals surface area (Å²) in [6, 6.07) is 5.77. The minimum absolute atomic E-state index is 0.203. The molecule has 2 nitrogen and oxygen atoms in total. The van der Waals surface area contributed by atoms with Crippen molar-refractivity contribution in [2.45, 2.75) is 6.92 Å². The Morgan fingerprint density at radius 2 is 2.31 bits per heavy atom. The third-order valence-corrected chi connectivity index (χ3v) is 2.65. The van der Waals surface area contributed by atoms with Crippen molar-refractivity contribution in [2.75, 3.05) is 6.23 Å². The molecule has 0 saturated carbocycles. The monoisotopic (exact) mass is 306 g/mol. The Labute approximate surface area is 94.2 Å². The highest BCUT2D eigenvalue weighted by Gasteiger charge is 2.09. The lowest BCUT2D eigenvalue weighted by atomic mass is 10.1. The molecule has 1 rings (SSSR count). The molecule has 0 bridgehead atoms. The van der Waals surface area contributed by atoms with Gasteiger partial charge >= 0.3 is 5.97 Å². The summed E-state index contributed by atoms with van der Waals surface area (Å²) in [5, 5.41) is 0. The number of carbonyl (C=O) groups excluding carboxylic acids is 1. The van der Waals surface area contributed by atoms with Crippen LogP contribution in [-0.4, -0.2) is 22.4 Å². The van der Waals surface area contributed by atoms with Crippen molar-refractivity contribution in [2.24, 2.45) is 0 Å². The van der Waals surface area contributed by atoms with E-state index < -0.39 is 0 Å².